The molecule has 1 amide bonds. The number of anilines is 1. The van der Waals surface area contributed by atoms with Crippen LogP contribution in [0, 0.1) is 23.1 Å². The van der Waals surface area contributed by atoms with E-state index < -0.39 is 17.4 Å². The highest BCUT2D eigenvalue weighted by molar-refractivity contribution is 6.02. The minimum absolute atomic E-state index is 0.0295. The molecule has 1 fully saturated rings. The van der Waals surface area contributed by atoms with E-state index >= 15 is 0 Å². The topological polar surface area (TPSA) is 86.0 Å². The second-order valence-electron chi connectivity index (χ2n) is 7.52. The van der Waals surface area contributed by atoms with Crippen molar-refractivity contribution in [1.29, 1.82) is 5.26 Å². The molecular weight excluding hydrogens is 345 g/mol. The number of benzene rings is 1. The molecule has 1 heterocycles. The first-order chi connectivity index (χ1) is 12.8. The minimum Gasteiger partial charge on any atom is -0.393 e. The Bertz CT molecular complexity index is 887. The van der Waals surface area contributed by atoms with Crippen LogP contribution in [0.2, 0.25) is 0 Å². The standard InChI is InChI=1S/C21H22FN3O2/c1-21(2,15-4-3-5-19(15)26)16-10-14(7-8-17(16)22)25-20(27)18-9-6-13(11-23)12-24-18/h6-10,12,15,19,26H,3-5H2,1-2H3,(H,25,27). The summed E-state index contributed by atoms with van der Waals surface area (Å²) >= 11 is 0. The van der Waals surface area contributed by atoms with Crippen LogP contribution in [0.1, 0.15) is 54.7 Å². The van der Waals surface area contributed by atoms with Crippen LogP contribution in [0.4, 0.5) is 10.1 Å². The molecule has 0 saturated heterocycles. The number of halogens is 1. The molecule has 2 aromatic rings. The summed E-state index contributed by atoms with van der Waals surface area (Å²) in [5.74, 6) is -0.817. The number of aliphatic hydroxyl groups is 1. The summed E-state index contributed by atoms with van der Waals surface area (Å²) in [5.41, 5.74) is 0.910. The third-order valence-corrected chi connectivity index (χ3v) is 5.45. The molecule has 0 aliphatic heterocycles. The van der Waals surface area contributed by atoms with Crippen molar-refractivity contribution in [3.63, 3.8) is 0 Å². The zero-order chi connectivity index (χ0) is 19.6. The molecule has 5 nitrogen and oxygen atoms in total. The molecule has 1 saturated carbocycles. The lowest BCUT2D eigenvalue weighted by Crippen LogP contribution is -2.35. The molecule has 2 atom stereocenters. The SMILES string of the molecule is CC(C)(c1cc(NC(=O)c2ccc(C#N)cn2)ccc1F)C1CCCC1O. The van der Waals surface area contributed by atoms with Crippen molar-refractivity contribution in [1.82, 2.24) is 4.98 Å². The lowest BCUT2D eigenvalue weighted by molar-refractivity contribution is 0.0916. The lowest BCUT2D eigenvalue weighted by Gasteiger charge is -2.35. The van der Waals surface area contributed by atoms with Gasteiger partial charge in [-0.15, -0.1) is 0 Å². The zero-order valence-electron chi connectivity index (χ0n) is 15.4. The predicted octanol–water partition coefficient (Wildman–Crippen LogP) is 3.78. The molecule has 1 aliphatic rings. The van der Waals surface area contributed by atoms with Crippen LogP contribution in [-0.2, 0) is 5.41 Å². The molecule has 6 heteroatoms. The molecule has 1 aromatic heterocycles. The van der Waals surface area contributed by atoms with Crippen molar-refractivity contribution >= 4 is 11.6 Å². The average Bonchev–Trinajstić information content (AvgIpc) is 3.10. The Labute approximate surface area is 157 Å². The van der Waals surface area contributed by atoms with Gasteiger partial charge in [-0.3, -0.25) is 4.79 Å². The third kappa shape index (κ3) is 3.83. The number of nitriles is 1. The van der Waals surface area contributed by atoms with Gasteiger partial charge in [0.15, 0.2) is 0 Å². The summed E-state index contributed by atoms with van der Waals surface area (Å²) in [6.45, 7) is 3.86. The number of nitrogens with one attached hydrogen (secondary N) is 1. The molecular formula is C21H22FN3O2. The molecule has 0 radical (unpaired) electrons. The van der Waals surface area contributed by atoms with Crippen LogP contribution in [-0.4, -0.2) is 22.1 Å². The van der Waals surface area contributed by atoms with Crippen LogP contribution in [0.25, 0.3) is 0 Å². The van der Waals surface area contributed by atoms with Gasteiger partial charge in [-0.2, -0.15) is 5.26 Å². The fraction of sp³-hybridized carbons (Fsp3) is 0.381. The lowest BCUT2D eigenvalue weighted by atomic mass is 9.71. The summed E-state index contributed by atoms with van der Waals surface area (Å²) in [5, 5.41) is 21.8. The Balaban J connectivity index is 1.84. The van der Waals surface area contributed by atoms with E-state index in [0.29, 0.717) is 16.8 Å². The van der Waals surface area contributed by atoms with Crippen LogP contribution < -0.4 is 5.32 Å². The van der Waals surface area contributed by atoms with Crippen molar-refractivity contribution in [2.45, 2.75) is 44.6 Å². The molecule has 140 valence electrons. The number of hydrogen-bond donors (Lipinski definition) is 2. The van der Waals surface area contributed by atoms with Crippen LogP contribution >= 0.6 is 0 Å². The summed E-state index contributed by atoms with van der Waals surface area (Å²) < 4.78 is 14.6. The number of amides is 1. The molecule has 1 aliphatic carbocycles. The van der Waals surface area contributed by atoms with Crippen molar-refractivity contribution < 1.29 is 14.3 Å². The fourth-order valence-corrected chi connectivity index (χ4v) is 3.87. The third-order valence-electron chi connectivity index (χ3n) is 5.45. The maximum Gasteiger partial charge on any atom is 0.274 e. The van der Waals surface area contributed by atoms with E-state index in [2.05, 4.69) is 10.3 Å². The second kappa shape index (κ2) is 7.45. The average molecular weight is 367 g/mol. The number of nitrogens with zero attached hydrogens (tertiary/aromatic N) is 2. The van der Waals surface area contributed by atoms with E-state index in [9.17, 15) is 14.3 Å². The highest BCUT2D eigenvalue weighted by Gasteiger charge is 2.40. The molecule has 2 unspecified atom stereocenters. The van der Waals surface area contributed by atoms with Gasteiger partial charge in [-0.25, -0.2) is 9.37 Å². The van der Waals surface area contributed by atoms with Gasteiger partial charge < -0.3 is 10.4 Å². The van der Waals surface area contributed by atoms with Gasteiger partial charge in [0.2, 0.25) is 0 Å². The quantitative estimate of drug-likeness (QED) is 0.861. The number of aliphatic hydroxyl groups excluding tert-OH is 1. The number of rotatable bonds is 4. The summed E-state index contributed by atoms with van der Waals surface area (Å²) in [7, 11) is 0. The molecule has 0 spiro atoms. The number of aromatic nitrogens is 1. The largest absolute Gasteiger partial charge is 0.393 e. The van der Waals surface area contributed by atoms with Gasteiger partial charge in [0.25, 0.3) is 5.91 Å². The van der Waals surface area contributed by atoms with Gasteiger partial charge >= 0.3 is 0 Å². The summed E-state index contributed by atoms with van der Waals surface area (Å²) in [6, 6.07) is 9.39. The molecule has 3 rings (SSSR count). The summed E-state index contributed by atoms with van der Waals surface area (Å²) in [6.07, 6.45) is 3.39. The molecule has 27 heavy (non-hydrogen) atoms. The van der Waals surface area contributed by atoms with Crippen LogP contribution in [0.15, 0.2) is 36.5 Å². The van der Waals surface area contributed by atoms with Crippen molar-refractivity contribution in [2.75, 3.05) is 5.32 Å². The normalized spacial score (nSPS) is 19.5. The number of carbonyl (C=O) groups excluding carboxylic acids is 1. The van der Waals surface area contributed by atoms with Crippen LogP contribution in [0.3, 0.4) is 0 Å². The van der Waals surface area contributed by atoms with E-state index in [0.717, 1.165) is 19.3 Å². The Kier molecular flexibility index (Phi) is 5.24. The first-order valence-corrected chi connectivity index (χ1v) is 8.98. The van der Waals surface area contributed by atoms with Crippen molar-refractivity contribution in [2.24, 2.45) is 5.92 Å². The Morgan fingerprint density at radius 1 is 1.33 bits per heavy atom. The van der Waals surface area contributed by atoms with Crippen molar-refractivity contribution in [3.8, 4) is 6.07 Å². The first kappa shape index (κ1) is 19.0. The van der Waals surface area contributed by atoms with Gasteiger partial charge in [-0.1, -0.05) is 20.3 Å². The van der Waals surface area contributed by atoms with E-state index in [1.165, 1.54) is 30.5 Å². The monoisotopic (exact) mass is 367 g/mol. The first-order valence-electron chi connectivity index (χ1n) is 8.98. The Morgan fingerprint density at radius 2 is 2.11 bits per heavy atom. The minimum atomic E-state index is -0.562. The van der Waals surface area contributed by atoms with Gasteiger partial charge in [0.05, 0.1) is 11.7 Å². The Morgan fingerprint density at radius 3 is 2.70 bits per heavy atom. The number of hydrogen-bond acceptors (Lipinski definition) is 4. The maximum atomic E-state index is 14.6. The highest BCUT2D eigenvalue weighted by atomic mass is 19.1. The van der Waals surface area contributed by atoms with E-state index in [1.54, 1.807) is 6.07 Å². The zero-order valence-corrected chi connectivity index (χ0v) is 15.4. The van der Waals surface area contributed by atoms with E-state index in [1.807, 2.05) is 19.9 Å². The molecule has 0 bridgehead atoms. The van der Waals surface area contributed by atoms with E-state index in [-0.39, 0.29) is 17.4 Å². The van der Waals surface area contributed by atoms with Gasteiger partial charge in [-0.05, 0) is 60.1 Å². The smallest absolute Gasteiger partial charge is 0.274 e. The highest BCUT2D eigenvalue weighted by Crippen LogP contribution is 2.43. The fourth-order valence-electron chi connectivity index (χ4n) is 3.87. The van der Waals surface area contributed by atoms with Crippen LogP contribution in [0.5, 0.6) is 0 Å². The second-order valence-corrected chi connectivity index (χ2v) is 7.52. The number of carbonyl (C=O) groups is 1. The van der Waals surface area contributed by atoms with Gasteiger partial charge in [0.1, 0.15) is 17.6 Å². The van der Waals surface area contributed by atoms with Crippen molar-refractivity contribution in [3.05, 3.63) is 59.2 Å². The van der Waals surface area contributed by atoms with Gasteiger partial charge in [0, 0.05) is 11.9 Å². The van der Waals surface area contributed by atoms with E-state index in [4.69, 9.17) is 5.26 Å². The predicted molar refractivity (Wildman–Crippen MR) is 99.7 cm³/mol. The molecule has 2 N–H and O–H groups in total. The summed E-state index contributed by atoms with van der Waals surface area (Å²) in [4.78, 5) is 16.3. The number of pyridine rings is 1. The molecule has 1 aromatic carbocycles. The maximum absolute atomic E-state index is 14.6. The Hall–Kier alpha value is -2.78.